The predicted molar refractivity (Wildman–Crippen MR) is 75.7 cm³/mol. The van der Waals surface area contributed by atoms with E-state index in [2.05, 4.69) is 12.2 Å². The Morgan fingerprint density at radius 3 is 2.65 bits per heavy atom. The lowest BCUT2D eigenvalue weighted by atomic mass is 9.96. The van der Waals surface area contributed by atoms with Gasteiger partial charge in [-0.15, -0.1) is 0 Å². The molecule has 0 amide bonds. The van der Waals surface area contributed by atoms with E-state index >= 15 is 0 Å². The first-order valence-electron chi connectivity index (χ1n) is 7.37. The molecule has 20 heavy (non-hydrogen) atoms. The van der Waals surface area contributed by atoms with Crippen LogP contribution in [0.4, 0.5) is 8.78 Å². The molecule has 2 rings (SSSR count). The molecular weight excluding hydrogens is 260 g/mol. The quantitative estimate of drug-likeness (QED) is 0.885. The van der Waals surface area contributed by atoms with Gasteiger partial charge in [0.2, 0.25) is 0 Å². The molecule has 1 saturated heterocycles. The zero-order valence-corrected chi connectivity index (χ0v) is 12.4. The fourth-order valence-electron chi connectivity index (χ4n) is 2.74. The van der Waals surface area contributed by atoms with Crippen molar-refractivity contribution in [3.63, 3.8) is 0 Å². The minimum atomic E-state index is -0.499. The second-order valence-electron chi connectivity index (χ2n) is 5.62. The average molecular weight is 283 g/mol. The Balaban J connectivity index is 2.28. The number of ether oxygens (including phenoxy) is 1. The number of halogens is 2. The van der Waals surface area contributed by atoms with Gasteiger partial charge in [0.15, 0.2) is 0 Å². The van der Waals surface area contributed by atoms with E-state index in [0.717, 1.165) is 31.9 Å². The summed E-state index contributed by atoms with van der Waals surface area (Å²) in [5, 5.41) is 3.35. The highest BCUT2D eigenvalue weighted by Crippen LogP contribution is 2.32. The van der Waals surface area contributed by atoms with Gasteiger partial charge in [-0.25, -0.2) is 8.78 Å². The van der Waals surface area contributed by atoms with Crippen molar-refractivity contribution >= 4 is 0 Å². The summed E-state index contributed by atoms with van der Waals surface area (Å²) >= 11 is 0. The summed E-state index contributed by atoms with van der Waals surface area (Å²) in [7, 11) is 0. The number of hydrogen-bond donors (Lipinski definition) is 1. The van der Waals surface area contributed by atoms with Crippen molar-refractivity contribution in [3.05, 3.63) is 34.9 Å². The van der Waals surface area contributed by atoms with Crippen LogP contribution in [0.1, 0.15) is 50.3 Å². The van der Waals surface area contributed by atoms with E-state index in [1.807, 2.05) is 6.92 Å². The zero-order valence-electron chi connectivity index (χ0n) is 12.4. The number of nitrogens with one attached hydrogen (secondary N) is 1. The van der Waals surface area contributed by atoms with E-state index in [1.54, 1.807) is 13.0 Å². The first-order valence-corrected chi connectivity index (χ1v) is 7.37. The monoisotopic (exact) mass is 283 g/mol. The zero-order chi connectivity index (χ0) is 14.7. The van der Waals surface area contributed by atoms with Crippen LogP contribution in [0, 0.1) is 18.6 Å². The number of aryl methyl sites for hydroxylation is 1. The van der Waals surface area contributed by atoms with Crippen LogP contribution in [0.3, 0.4) is 0 Å². The Hall–Kier alpha value is -1.00. The smallest absolute Gasteiger partial charge is 0.131 e. The molecule has 0 saturated carbocycles. The van der Waals surface area contributed by atoms with Crippen molar-refractivity contribution in [1.29, 1.82) is 0 Å². The van der Waals surface area contributed by atoms with Gasteiger partial charge < -0.3 is 10.1 Å². The van der Waals surface area contributed by atoms with E-state index in [9.17, 15) is 8.78 Å². The van der Waals surface area contributed by atoms with Crippen molar-refractivity contribution in [3.8, 4) is 0 Å². The second kappa shape index (κ2) is 6.64. The van der Waals surface area contributed by atoms with Gasteiger partial charge in [-0.3, -0.25) is 0 Å². The minimum absolute atomic E-state index is 0.0455. The van der Waals surface area contributed by atoms with Gasteiger partial charge in [-0.05, 0) is 51.3 Å². The second-order valence-corrected chi connectivity index (χ2v) is 5.62. The third-order valence-corrected chi connectivity index (χ3v) is 3.86. The molecule has 3 unspecified atom stereocenters. The molecule has 1 aromatic rings. The van der Waals surface area contributed by atoms with E-state index in [0.29, 0.717) is 11.1 Å². The summed E-state index contributed by atoms with van der Waals surface area (Å²) in [5.74, 6) is -0.994. The van der Waals surface area contributed by atoms with Crippen LogP contribution in [0.2, 0.25) is 0 Å². The highest BCUT2D eigenvalue weighted by Gasteiger charge is 2.32. The molecule has 1 N–H and O–H groups in total. The first kappa shape index (κ1) is 15.4. The van der Waals surface area contributed by atoms with Crippen LogP contribution in [0.25, 0.3) is 0 Å². The van der Waals surface area contributed by atoms with Crippen molar-refractivity contribution in [1.82, 2.24) is 5.32 Å². The molecule has 1 fully saturated rings. The highest BCUT2D eigenvalue weighted by atomic mass is 19.1. The summed E-state index contributed by atoms with van der Waals surface area (Å²) in [6.07, 6.45) is 3.00. The Labute approximate surface area is 119 Å². The molecule has 1 aliphatic rings. The van der Waals surface area contributed by atoms with Crippen LogP contribution < -0.4 is 5.32 Å². The molecule has 0 aromatic heterocycles. The SMILES string of the molecule is CCCNC(c1cc(C)c(F)cc1F)C1CCC(C)O1. The summed E-state index contributed by atoms with van der Waals surface area (Å²) in [4.78, 5) is 0. The lowest BCUT2D eigenvalue weighted by Crippen LogP contribution is -2.33. The Morgan fingerprint density at radius 1 is 1.30 bits per heavy atom. The van der Waals surface area contributed by atoms with Crippen molar-refractivity contribution in [2.45, 2.75) is 58.3 Å². The van der Waals surface area contributed by atoms with Crippen molar-refractivity contribution in [2.24, 2.45) is 0 Å². The molecule has 112 valence electrons. The van der Waals surface area contributed by atoms with E-state index in [1.165, 1.54) is 0 Å². The van der Waals surface area contributed by atoms with Gasteiger partial charge in [-0.2, -0.15) is 0 Å². The van der Waals surface area contributed by atoms with Crippen LogP contribution in [-0.4, -0.2) is 18.8 Å². The molecule has 1 aliphatic heterocycles. The first-order chi connectivity index (χ1) is 9.52. The normalized spacial score (nSPS) is 24.1. The standard InChI is InChI=1S/C16H23F2NO/c1-4-7-19-16(15-6-5-11(3)20-15)12-8-10(2)13(17)9-14(12)18/h8-9,11,15-16,19H,4-7H2,1-3H3. The van der Waals surface area contributed by atoms with Gasteiger partial charge in [-0.1, -0.05) is 6.92 Å². The Kier molecular flexibility index (Phi) is 5.11. The summed E-state index contributed by atoms with van der Waals surface area (Å²) < 4.78 is 33.4. The summed E-state index contributed by atoms with van der Waals surface area (Å²) in [6.45, 7) is 6.54. The predicted octanol–water partition coefficient (Wildman–Crippen LogP) is 3.88. The molecule has 2 nitrogen and oxygen atoms in total. The maximum absolute atomic E-state index is 14.1. The maximum atomic E-state index is 14.1. The van der Waals surface area contributed by atoms with Crippen LogP contribution in [0.5, 0.6) is 0 Å². The third-order valence-electron chi connectivity index (χ3n) is 3.86. The van der Waals surface area contributed by atoms with E-state index < -0.39 is 11.6 Å². The topological polar surface area (TPSA) is 21.3 Å². The van der Waals surface area contributed by atoms with E-state index in [4.69, 9.17) is 4.74 Å². The fourth-order valence-corrected chi connectivity index (χ4v) is 2.74. The largest absolute Gasteiger partial charge is 0.373 e. The maximum Gasteiger partial charge on any atom is 0.131 e. The summed E-state index contributed by atoms with van der Waals surface area (Å²) in [6, 6.07) is 2.37. The lowest BCUT2D eigenvalue weighted by molar-refractivity contribution is 0.0308. The number of hydrogen-bond acceptors (Lipinski definition) is 2. The van der Waals surface area contributed by atoms with Crippen molar-refractivity contribution < 1.29 is 13.5 Å². The van der Waals surface area contributed by atoms with Gasteiger partial charge in [0, 0.05) is 11.6 Å². The third kappa shape index (κ3) is 3.36. The van der Waals surface area contributed by atoms with Gasteiger partial charge >= 0.3 is 0 Å². The molecule has 0 spiro atoms. The fraction of sp³-hybridized carbons (Fsp3) is 0.625. The van der Waals surface area contributed by atoms with Crippen LogP contribution in [-0.2, 0) is 4.74 Å². The van der Waals surface area contributed by atoms with Crippen LogP contribution in [0.15, 0.2) is 12.1 Å². The molecule has 1 heterocycles. The Morgan fingerprint density at radius 2 is 2.05 bits per heavy atom. The molecule has 4 heteroatoms. The number of benzene rings is 1. The Bertz CT molecular complexity index is 464. The molecule has 0 bridgehead atoms. The lowest BCUT2D eigenvalue weighted by Gasteiger charge is -2.26. The van der Waals surface area contributed by atoms with Crippen molar-refractivity contribution in [2.75, 3.05) is 6.54 Å². The molecule has 0 radical (unpaired) electrons. The summed E-state index contributed by atoms with van der Waals surface area (Å²) in [5.41, 5.74) is 0.979. The highest BCUT2D eigenvalue weighted by molar-refractivity contribution is 5.29. The molecular formula is C16H23F2NO. The van der Waals surface area contributed by atoms with Gasteiger partial charge in [0.25, 0.3) is 0 Å². The van der Waals surface area contributed by atoms with E-state index in [-0.39, 0.29) is 18.2 Å². The average Bonchev–Trinajstić information content (AvgIpc) is 2.82. The molecule has 3 atom stereocenters. The number of rotatable bonds is 5. The van der Waals surface area contributed by atoms with Crippen LogP contribution >= 0.6 is 0 Å². The van der Waals surface area contributed by atoms with Gasteiger partial charge in [0.05, 0.1) is 18.2 Å². The molecule has 1 aromatic carbocycles. The molecule has 0 aliphatic carbocycles. The minimum Gasteiger partial charge on any atom is -0.373 e. The van der Waals surface area contributed by atoms with Gasteiger partial charge in [0.1, 0.15) is 11.6 Å².